The molecule has 0 unspecified atom stereocenters. The third-order valence-electron chi connectivity index (χ3n) is 5.32. The van der Waals surface area contributed by atoms with Crippen LogP contribution in [0.25, 0.3) is 11.3 Å². The lowest BCUT2D eigenvalue weighted by molar-refractivity contribution is -0.140. The van der Waals surface area contributed by atoms with E-state index in [0.717, 1.165) is 11.3 Å². The van der Waals surface area contributed by atoms with E-state index >= 15 is 0 Å². The van der Waals surface area contributed by atoms with Crippen LogP contribution in [0.1, 0.15) is 36.4 Å². The summed E-state index contributed by atoms with van der Waals surface area (Å²) in [5.74, 6) is 0.711. The molecule has 0 aliphatic carbocycles. The number of aromatic nitrogens is 1. The summed E-state index contributed by atoms with van der Waals surface area (Å²) in [7, 11) is 1.38. The Morgan fingerprint density at radius 1 is 1.31 bits per heavy atom. The molecule has 1 N–H and O–H groups in total. The SMILES string of the molecule is COC(=O)CCCN1C(=S)N[C@H](c2ccccn2)[C@@H]1c1ccc(-c2ccc(F)cc2Br)o1. The van der Waals surface area contributed by atoms with Crippen LogP contribution < -0.4 is 5.32 Å². The lowest BCUT2D eigenvalue weighted by Gasteiger charge is -2.25. The van der Waals surface area contributed by atoms with E-state index in [1.165, 1.54) is 19.2 Å². The first-order chi connectivity index (χ1) is 15.5. The maximum absolute atomic E-state index is 13.5. The Morgan fingerprint density at radius 2 is 2.16 bits per heavy atom. The maximum Gasteiger partial charge on any atom is 0.305 e. The predicted octanol–water partition coefficient (Wildman–Crippen LogP) is 5.17. The van der Waals surface area contributed by atoms with Crippen LogP contribution in [0.4, 0.5) is 4.39 Å². The molecule has 0 saturated carbocycles. The fraction of sp³-hybridized carbons (Fsp3) is 0.261. The Morgan fingerprint density at radius 3 is 2.88 bits per heavy atom. The van der Waals surface area contributed by atoms with Crippen molar-refractivity contribution in [2.45, 2.75) is 24.9 Å². The topological polar surface area (TPSA) is 67.6 Å². The minimum absolute atomic E-state index is 0.225. The molecule has 0 radical (unpaired) electrons. The molecular formula is C23H21BrFN3O3S. The summed E-state index contributed by atoms with van der Waals surface area (Å²) in [6.07, 6.45) is 2.61. The van der Waals surface area contributed by atoms with Crippen molar-refractivity contribution in [3.05, 3.63) is 76.5 Å². The second-order valence-electron chi connectivity index (χ2n) is 7.33. The Labute approximate surface area is 198 Å². The van der Waals surface area contributed by atoms with Crippen LogP contribution in [-0.4, -0.2) is 34.6 Å². The zero-order valence-corrected chi connectivity index (χ0v) is 19.7. The maximum atomic E-state index is 13.5. The first kappa shape index (κ1) is 22.4. The Balaban J connectivity index is 1.66. The fourth-order valence-corrected chi connectivity index (χ4v) is 4.67. The summed E-state index contributed by atoms with van der Waals surface area (Å²) in [6.45, 7) is 0.547. The molecule has 2 atom stereocenters. The minimum Gasteiger partial charge on any atom is -0.469 e. The number of pyridine rings is 1. The molecule has 1 fully saturated rings. The van der Waals surface area contributed by atoms with E-state index in [1.54, 1.807) is 12.3 Å². The van der Waals surface area contributed by atoms with E-state index in [4.69, 9.17) is 21.4 Å². The van der Waals surface area contributed by atoms with Gasteiger partial charge in [-0.15, -0.1) is 0 Å². The van der Waals surface area contributed by atoms with E-state index in [0.29, 0.717) is 40.5 Å². The van der Waals surface area contributed by atoms with Crippen LogP contribution in [0, 0.1) is 5.82 Å². The van der Waals surface area contributed by atoms with Crippen LogP contribution in [0.15, 0.2) is 63.6 Å². The number of nitrogens with zero attached hydrogens (tertiary/aromatic N) is 2. The summed E-state index contributed by atoms with van der Waals surface area (Å²) in [5, 5.41) is 3.91. The van der Waals surface area contributed by atoms with Crippen LogP contribution >= 0.6 is 28.1 Å². The number of thiocarbonyl (C=S) groups is 1. The van der Waals surface area contributed by atoms with Gasteiger partial charge in [-0.2, -0.15) is 0 Å². The number of carbonyl (C=O) groups is 1. The molecule has 0 amide bonds. The summed E-state index contributed by atoms with van der Waals surface area (Å²) in [5.41, 5.74) is 1.58. The van der Waals surface area contributed by atoms with Crippen molar-refractivity contribution in [3.8, 4) is 11.3 Å². The Kier molecular flexibility index (Phi) is 6.86. The molecule has 0 spiro atoms. The molecule has 4 rings (SSSR count). The van der Waals surface area contributed by atoms with Gasteiger partial charge in [-0.3, -0.25) is 9.78 Å². The van der Waals surface area contributed by atoms with Gasteiger partial charge in [0, 0.05) is 29.2 Å². The van der Waals surface area contributed by atoms with E-state index in [1.807, 2.05) is 35.2 Å². The standard InChI is InChI=1S/C23H21BrFN3O3S/c1-30-20(29)6-4-12-28-22(21(27-23(28)32)17-5-2-3-11-26-17)19-10-9-18(31-19)15-8-7-14(25)13-16(15)24/h2-3,5,7-11,13,21-22H,4,6,12H2,1H3,(H,27,32)/t21-,22+/m1/s1. The van der Waals surface area contributed by atoms with E-state index in [2.05, 4.69) is 26.2 Å². The van der Waals surface area contributed by atoms with Crippen LogP contribution in [0.3, 0.4) is 0 Å². The molecule has 3 aromatic rings. The molecule has 32 heavy (non-hydrogen) atoms. The number of benzene rings is 1. The number of halogens is 2. The second kappa shape index (κ2) is 9.79. The largest absolute Gasteiger partial charge is 0.469 e. The number of rotatable bonds is 7. The third kappa shape index (κ3) is 4.68. The van der Waals surface area contributed by atoms with Gasteiger partial charge in [0.2, 0.25) is 0 Å². The van der Waals surface area contributed by atoms with Gasteiger partial charge in [0.05, 0.1) is 18.8 Å². The Hall–Kier alpha value is -2.78. The van der Waals surface area contributed by atoms with Crippen molar-refractivity contribution < 1.29 is 18.3 Å². The lowest BCUT2D eigenvalue weighted by atomic mass is 10.0. The number of ether oxygens (including phenoxy) is 1. The second-order valence-corrected chi connectivity index (χ2v) is 8.57. The van der Waals surface area contributed by atoms with Crippen molar-refractivity contribution >= 4 is 39.2 Å². The molecule has 1 aliphatic rings. The zero-order chi connectivity index (χ0) is 22.7. The summed E-state index contributed by atoms with van der Waals surface area (Å²) < 4.78 is 25.1. The average molecular weight is 518 g/mol. The number of esters is 1. The fourth-order valence-electron chi connectivity index (χ4n) is 3.80. The average Bonchev–Trinajstić information content (AvgIpc) is 3.39. The summed E-state index contributed by atoms with van der Waals surface area (Å²) >= 11 is 9.02. The van der Waals surface area contributed by atoms with E-state index in [9.17, 15) is 9.18 Å². The number of carbonyl (C=O) groups excluding carboxylic acids is 1. The monoisotopic (exact) mass is 517 g/mol. The Bertz CT molecular complexity index is 1120. The number of nitrogens with one attached hydrogen (secondary N) is 1. The molecule has 1 saturated heterocycles. The van der Waals surface area contributed by atoms with Gasteiger partial charge >= 0.3 is 5.97 Å². The van der Waals surface area contributed by atoms with Crippen molar-refractivity contribution in [1.29, 1.82) is 0 Å². The number of hydrogen-bond donors (Lipinski definition) is 1. The van der Waals surface area contributed by atoms with Crippen LogP contribution in [-0.2, 0) is 9.53 Å². The highest BCUT2D eigenvalue weighted by Gasteiger charge is 2.41. The highest BCUT2D eigenvalue weighted by Crippen LogP contribution is 2.41. The van der Waals surface area contributed by atoms with E-state index in [-0.39, 0.29) is 23.9 Å². The third-order valence-corrected chi connectivity index (χ3v) is 6.33. The van der Waals surface area contributed by atoms with Gasteiger partial charge < -0.3 is 19.4 Å². The lowest BCUT2D eigenvalue weighted by Crippen LogP contribution is -2.30. The first-order valence-electron chi connectivity index (χ1n) is 10.1. The minimum atomic E-state index is -0.329. The summed E-state index contributed by atoms with van der Waals surface area (Å²) in [4.78, 5) is 18.1. The van der Waals surface area contributed by atoms with Crippen LogP contribution in [0.5, 0.6) is 0 Å². The van der Waals surface area contributed by atoms with Crippen LogP contribution in [0.2, 0.25) is 0 Å². The van der Waals surface area contributed by atoms with Crippen molar-refractivity contribution in [2.75, 3.05) is 13.7 Å². The molecular weight excluding hydrogens is 497 g/mol. The normalized spacial score (nSPS) is 18.0. The van der Waals surface area contributed by atoms with Crippen molar-refractivity contribution in [2.24, 2.45) is 0 Å². The molecule has 2 aromatic heterocycles. The molecule has 3 heterocycles. The zero-order valence-electron chi connectivity index (χ0n) is 17.3. The first-order valence-corrected chi connectivity index (χ1v) is 11.3. The molecule has 1 aliphatic heterocycles. The van der Waals surface area contributed by atoms with Gasteiger partial charge in [0.15, 0.2) is 5.11 Å². The van der Waals surface area contributed by atoms with Gasteiger partial charge in [0.25, 0.3) is 0 Å². The molecule has 1 aromatic carbocycles. The van der Waals surface area contributed by atoms with Gasteiger partial charge in [-0.1, -0.05) is 6.07 Å². The molecule has 9 heteroatoms. The van der Waals surface area contributed by atoms with Gasteiger partial charge in [0.1, 0.15) is 23.4 Å². The number of furan rings is 1. The highest BCUT2D eigenvalue weighted by molar-refractivity contribution is 9.10. The molecule has 166 valence electrons. The summed E-state index contributed by atoms with van der Waals surface area (Å²) in [6, 6.07) is 13.5. The number of hydrogen-bond acceptors (Lipinski definition) is 5. The smallest absolute Gasteiger partial charge is 0.305 e. The quantitative estimate of drug-likeness (QED) is 0.342. The van der Waals surface area contributed by atoms with Gasteiger partial charge in [-0.05, 0) is 77.0 Å². The van der Waals surface area contributed by atoms with Crippen molar-refractivity contribution in [3.63, 3.8) is 0 Å². The van der Waals surface area contributed by atoms with E-state index < -0.39 is 0 Å². The molecule has 0 bridgehead atoms. The predicted molar refractivity (Wildman–Crippen MR) is 125 cm³/mol. The number of methoxy groups -OCH3 is 1. The molecule has 6 nitrogen and oxygen atoms in total. The van der Waals surface area contributed by atoms with Gasteiger partial charge in [-0.25, -0.2) is 4.39 Å². The highest BCUT2D eigenvalue weighted by atomic mass is 79.9. The van der Waals surface area contributed by atoms with Crippen molar-refractivity contribution in [1.82, 2.24) is 15.2 Å².